The molecule has 2 heterocycles. The number of aromatic nitrogens is 4. The van der Waals surface area contributed by atoms with Gasteiger partial charge in [0.1, 0.15) is 5.75 Å². The van der Waals surface area contributed by atoms with E-state index in [1.807, 2.05) is 6.07 Å². The Hall–Kier alpha value is -3.12. The van der Waals surface area contributed by atoms with E-state index in [4.69, 9.17) is 16.3 Å². The average Bonchev–Trinajstić information content (AvgIpc) is 3.17. The molecule has 7 heteroatoms. The van der Waals surface area contributed by atoms with Crippen LogP contribution in [-0.4, -0.2) is 26.4 Å². The number of fused-ring (bicyclic) bond motifs is 1. The Kier molecular flexibility index (Phi) is 6.61. The number of benzene rings is 2. The first-order chi connectivity index (χ1) is 15.4. The highest BCUT2D eigenvalue weighted by Gasteiger charge is 2.13. The first-order valence-corrected chi connectivity index (χ1v) is 11.4. The highest BCUT2D eigenvalue weighted by Crippen LogP contribution is 2.36. The fourth-order valence-electron chi connectivity index (χ4n) is 3.34. The number of nitrogens with one attached hydrogen (secondary N) is 1. The van der Waals surface area contributed by atoms with Crippen LogP contribution in [0.25, 0.3) is 16.8 Å². The van der Waals surface area contributed by atoms with Gasteiger partial charge in [-0.05, 0) is 59.2 Å². The van der Waals surface area contributed by atoms with E-state index in [0.717, 1.165) is 35.5 Å². The van der Waals surface area contributed by atoms with Crippen molar-refractivity contribution in [3.8, 4) is 22.8 Å². The van der Waals surface area contributed by atoms with E-state index in [1.165, 1.54) is 10.1 Å². The van der Waals surface area contributed by atoms with Crippen molar-refractivity contribution in [2.45, 2.75) is 34.1 Å². The van der Waals surface area contributed by atoms with Crippen LogP contribution in [0.2, 0.25) is 5.28 Å². The van der Waals surface area contributed by atoms with Gasteiger partial charge in [-0.25, -0.2) is 0 Å². The van der Waals surface area contributed by atoms with Gasteiger partial charge in [0.15, 0.2) is 5.65 Å². The molecule has 0 aliphatic rings. The van der Waals surface area contributed by atoms with Crippen molar-refractivity contribution < 1.29 is 4.74 Å². The Morgan fingerprint density at radius 3 is 2.66 bits per heavy atom. The lowest BCUT2D eigenvalue weighted by Gasteiger charge is -2.18. The largest absolute Gasteiger partial charge is 0.437 e. The molecule has 2 aromatic carbocycles. The van der Waals surface area contributed by atoms with Gasteiger partial charge in [-0.15, -0.1) is 15.3 Å². The molecule has 1 atom stereocenters. The molecule has 4 rings (SSSR count). The maximum atomic E-state index is 6.28. The summed E-state index contributed by atoms with van der Waals surface area (Å²) in [6.45, 7) is 9.77. The molecule has 0 aliphatic heterocycles. The van der Waals surface area contributed by atoms with E-state index >= 15 is 0 Å². The standard InChI is InChI=1S/C25H28ClN5O/c1-5-18-7-6-8-19(13-18)21-10-9-20(27-15-17(4)16(2)3)14-22(21)32-24-12-11-23-28-29-25(26)31(23)30-24/h6-14,16-17,27H,5,15H2,1-4H3. The molecule has 4 aromatic rings. The van der Waals surface area contributed by atoms with Gasteiger partial charge in [-0.1, -0.05) is 52.0 Å². The summed E-state index contributed by atoms with van der Waals surface area (Å²) in [6.07, 6.45) is 0.973. The maximum Gasteiger partial charge on any atom is 0.246 e. The Morgan fingerprint density at radius 2 is 1.88 bits per heavy atom. The molecule has 0 amide bonds. The molecule has 32 heavy (non-hydrogen) atoms. The van der Waals surface area contributed by atoms with Crippen molar-refractivity contribution in [3.63, 3.8) is 0 Å². The summed E-state index contributed by atoms with van der Waals surface area (Å²) in [4.78, 5) is 0. The van der Waals surface area contributed by atoms with E-state index in [0.29, 0.717) is 23.4 Å². The Balaban J connectivity index is 1.71. The van der Waals surface area contributed by atoms with E-state index in [-0.39, 0.29) is 5.28 Å². The maximum absolute atomic E-state index is 6.28. The summed E-state index contributed by atoms with van der Waals surface area (Å²) in [6, 6.07) is 18.3. The molecule has 0 spiro atoms. The fraction of sp³-hybridized carbons (Fsp3) is 0.320. The topological polar surface area (TPSA) is 64.3 Å². The first-order valence-electron chi connectivity index (χ1n) is 11.0. The van der Waals surface area contributed by atoms with E-state index in [1.54, 1.807) is 12.1 Å². The van der Waals surface area contributed by atoms with E-state index < -0.39 is 0 Å². The molecule has 0 bridgehead atoms. The minimum atomic E-state index is 0.194. The second-order valence-electron chi connectivity index (χ2n) is 8.38. The van der Waals surface area contributed by atoms with Gasteiger partial charge in [0, 0.05) is 29.9 Å². The molecule has 1 N–H and O–H groups in total. The molecule has 0 saturated heterocycles. The second-order valence-corrected chi connectivity index (χ2v) is 8.72. The molecular formula is C25H28ClN5O. The SMILES string of the molecule is CCc1cccc(-c2ccc(NCC(C)C(C)C)cc2Oc2ccc3nnc(Cl)n3n2)c1. The Morgan fingerprint density at radius 1 is 1.03 bits per heavy atom. The lowest BCUT2D eigenvalue weighted by molar-refractivity contribution is 0.439. The molecule has 166 valence electrons. The molecule has 0 saturated carbocycles. The van der Waals surface area contributed by atoms with Crippen molar-refractivity contribution in [1.82, 2.24) is 19.8 Å². The van der Waals surface area contributed by atoms with Crippen molar-refractivity contribution in [3.05, 3.63) is 65.4 Å². The van der Waals surface area contributed by atoms with Crippen LogP contribution >= 0.6 is 11.6 Å². The van der Waals surface area contributed by atoms with Crippen molar-refractivity contribution in [2.75, 3.05) is 11.9 Å². The number of anilines is 1. The normalized spacial score (nSPS) is 12.3. The van der Waals surface area contributed by atoms with Crippen LogP contribution < -0.4 is 10.1 Å². The predicted octanol–water partition coefficient (Wildman–Crippen LogP) is 6.50. The van der Waals surface area contributed by atoms with Crippen LogP contribution in [0.15, 0.2) is 54.6 Å². The third kappa shape index (κ3) is 4.86. The van der Waals surface area contributed by atoms with Gasteiger partial charge in [-0.2, -0.15) is 4.52 Å². The number of rotatable bonds is 8. The van der Waals surface area contributed by atoms with E-state index in [9.17, 15) is 0 Å². The second kappa shape index (κ2) is 9.57. The van der Waals surface area contributed by atoms with Crippen molar-refractivity contribution >= 4 is 22.9 Å². The summed E-state index contributed by atoms with van der Waals surface area (Å²) in [5, 5.41) is 16.0. The Bertz CT molecular complexity index is 1220. The van der Waals surface area contributed by atoms with Crippen molar-refractivity contribution in [1.29, 1.82) is 0 Å². The van der Waals surface area contributed by atoms with Crippen molar-refractivity contribution in [2.24, 2.45) is 11.8 Å². The van der Waals surface area contributed by atoms with Crippen LogP contribution in [0.3, 0.4) is 0 Å². The third-order valence-corrected chi connectivity index (χ3v) is 6.04. The third-order valence-electron chi connectivity index (χ3n) is 5.81. The van der Waals surface area contributed by atoms with Crippen LogP contribution in [0.4, 0.5) is 5.69 Å². The Labute approximate surface area is 193 Å². The molecule has 0 fully saturated rings. The lowest BCUT2D eigenvalue weighted by Crippen LogP contribution is -2.16. The van der Waals surface area contributed by atoms with Gasteiger partial charge >= 0.3 is 0 Å². The van der Waals surface area contributed by atoms with Crippen LogP contribution in [0.1, 0.15) is 33.3 Å². The fourth-order valence-corrected chi connectivity index (χ4v) is 3.50. The van der Waals surface area contributed by atoms with Gasteiger partial charge < -0.3 is 10.1 Å². The molecule has 0 aliphatic carbocycles. The number of hydrogen-bond acceptors (Lipinski definition) is 5. The predicted molar refractivity (Wildman–Crippen MR) is 130 cm³/mol. The zero-order chi connectivity index (χ0) is 22.7. The van der Waals surface area contributed by atoms with Crippen LogP contribution in [0, 0.1) is 11.8 Å². The summed E-state index contributed by atoms with van der Waals surface area (Å²) in [5.74, 6) is 2.30. The molecule has 0 radical (unpaired) electrons. The monoisotopic (exact) mass is 449 g/mol. The summed E-state index contributed by atoms with van der Waals surface area (Å²) < 4.78 is 7.74. The lowest BCUT2D eigenvalue weighted by atomic mass is 9.98. The minimum absolute atomic E-state index is 0.194. The van der Waals surface area contributed by atoms with Crippen LogP contribution in [0.5, 0.6) is 11.6 Å². The molecule has 6 nitrogen and oxygen atoms in total. The minimum Gasteiger partial charge on any atom is -0.437 e. The smallest absolute Gasteiger partial charge is 0.246 e. The number of nitrogens with zero attached hydrogens (tertiary/aromatic N) is 4. The van der Waals surface area contributed by atoms with Gasteiger partial charge in [-0.3, -0.25) is 0 Å². The van der Waals surface area contributed by atoms with Gasteiger partial charge in [0.2, 0.25) is 11.2 Å². The van der Waals surface area contributed by atoms with Gasteiger partial charge in [0.25, 0.3) is 0 Å². The number of aryl methyl sites for hydroxylation is 1. The van der Waals surface area contributed by atoms with Crippen LogP contribution in [-0.2, 0) is 6.42 Å². The zero-order valence-corrected chi connectivity index (χ0v) is 19.6. The summed E-state index contributed by atoms with van der Waals surface area (Å²) in [7, 11) is 0. The zero-order valence-electron chi connectivity index (χ0n) is 18.8. The summed E-state index contributed by atoms with van der Waals surface area (Å²) in [5.41, 5.74) is 4.95. The average molecular weight is 450 g/mol. The summed E-state index contributed by atoms with van der Waals surface area (Å²) >= 11 is 6.09. The number of halogens is 1. The number of ether oxygens (including phenoxy) is 1. The van der Waals surface area contributed by atoms with E-state index in [2.05, 4.69) is 84.7 Å². The highest BCUT2D eigenvalue weighted by atomic mass is 35.5. The molecule has 2 aromatic heterocycles. The quantitative estimate of drug-likeness (QED) is 0.332. The van der Waals surface area contributed by atoms with Gasteiger partial charge in [0.05, 0.1) is 0 Å². The molecular weight excluding hydrogens is 422 g/mol. The first kappa shape index (κ1) is 22.1. The highest BCUT2D eigenvalue weighted by molar-refractivity contribution is 6.28. The molecule has 1 unspecified atom stereocenters. The number of hydrogen-bond donors (Lipinski definition) is 1.